The summed E-state index contributed by atoms with van der Waals surface area (Å²) < 4.78 is 5.94. The highest BCUT2D eigenvalue weighted by atomic mass is 32.2. The van der Waals surface area contributed by atoms with Gasteiger partial charge in [0, 0.05) is 24.2 Å². The van der Waals surface area contributed by atoms with Crippen molar-refractivity contribution >= 4 is 63.6 Å². The Balaban J connectivity index is 1.04. The van der Waals surface area contributed by atoms with Crippen LogP contribution in [0.1, 0.15) is 29.7 Å². The van der Waals surface area contributed by atoms with E-state index in [4.69, 9.17) is 10.6 Å². The molecular formula is C31H32N10O5S2. The number of hydrogen-bond acceptors (Lipinski definition) is 12. The number of thioether (sulfide) groups is 1. The first-order chi connectivity index (χ1) is 23.3. The van der Waals surface area contributed by atoms with E-state index in [1.807, 2.05) is 40.1 Å². The van der Waals surface area contributed by atoms with Crippen molar-refractivity contribution in [3.05, 3.63) is 82.4 Å². The third-order valence-corrected chi connectivity index (χ3v) is 10.4. The number of carbonyl (C=O) groups excluding carboxylic acids is 3. The van der Waals surface area contributed by atoms with Crippen LogP contribution in [0.2, 0.25) is 0 Å². The van der Waals surface area contributed by atoms with E-state index >= 15 is 0 Å². The Morgan fingerprint density at radius 3 is 2.71 bits per heavy atom. The predicted molar refractivity (Wildman–Crippen MR) is 177 cm³/mol. The van der Waals surface area contributed by atoms with Gasteiger partial charge in [-0.1, -0.05) is 29.4 Å². The number of carboxylic acids is 1. The molecule has 6 heterocycles. The number of anilines is 1. The zero-order valence-electron chi connectivity index (χ0n) is 25.9. The molecule has 0 saturated carbocycles. The van der Waals surface area contributed by atoms with Crippen LogP contribution < -0.4 is 20.7 Å². The number of aromatic nitrogens is 4. The van der Waals surface area contributed by atoms with Crippen LogP contribution in [0, 0.1) is 0 Å². The first kappa shape index (κ1) is 31.4. The molecule has 248 valence electrons. The molecule has 7 rings (SSSR count). The van der Waals surface area contributed by atoms with Gasteiger partial charge in [-0.15, -0.1) is 27.6 Å². The van der Waals surface area contributed by atoms with Crippen molar-refractivity contribution in [2.45, 2.75) is 37.3 Å². The van der Waals surface area contributed by atoms with E-state index in [1.165, 1.54) is 36.6 Å². The Hall–Kier alpha value is -5.16. The highest BCUT2D eigenvalue weighted by Crippen LogP contribution is 2.40. The molecule has 3 N–H and O–H groups in total. The fourth-order valence-electron chi connectivity index (χ4n) is 6.07. The molecule has 0 radical (unpaired) electrons. The predicted octanol–water partition coefficient (Wildman–Crippen LogP) is -0.000400. The molecule has 15 nitrogen and oxygen atoms in total. The maximum atomic E-state index is 13.3. The van der Waals surface area contributed by atoms with Gasteiger partial charge in [-0.3, -0.25) is 19.5 Å². The van der Waals surface area contributed by atoms with E-state index in [-0.39, 0.29) is 28.8 Å². The summed E-state index contributed by atoms with van der Waals surface area (Å²) in [5, 5.41) is 26.6. The molecule has 2 saturated heterocycles. The van der Waals surface area contributed by atoms with E-state index in [9.17, 15) is 19.5 Å². The lowest BCUT2D eigenvalue weighted by atomic mass is 10.0. The summed E-state index contributed by atoms with van der Waals surface area (Å²) in [6.45, 7) is 2.89. The third-order valence-electron chi connectivity index (χ3n) is 8.42. The van der Waals surface area contributed by atoms with Crippen LogP contribution >= 0.6 is 23.1 Å². The van der Waals surface area contributed by atoms with Crippen LogP contribution in [0.4, 0.5) is 5.13 Å². The maximum absolute atomic E-state index is 13.3. The molecule has 0 spiro atoms. The fourth-order valence-corrected chi connectivity index (χ4v) is 7.95. The number of thiazole rings is 1. The second-order valence-corrected chi connectivity index (χ2v) is 13.5. The lowest BCUT2D eigenvalue weighted by Crippen LogP contribution is -2.71. The minimum atomic E-state index is -1.45. The Morgan fingerprint density at radius 1 is 1.21 bits per heavy atom. The van der Waals surface area contributed by atoms with Crippen molar-refractivity contribution in [1.82, 2.24) is 29.4 Å². The van der Waals surface area contributed by atoms with Crippen molar-refractivity contribution < 1.29 is 28.9 Å². The summed E-state index contributed by atoms with van der Waals surface area (Å²) in [4.78, 5) is 48.8. The van der Waals surface area contributed by atoms with E-state index < -0.39 is 29.2 Å². The monoisotopic (exact) mass is 688 g/mol. The molecule has 3 aliphatic rings. The molecule has 0 unspecified atom stereocenters. The minimum Gasteiger partial charge on any atom is -0.543 e. The zero-order valence-corrected chi connectivity index (χ0v) is 27.5. The highest BCUT2D eigenvalue weighted by molar-refractivity contribution is 8.00. The first-order valence-corrected chi connectivity index (χ1v) is 17.2. The van der Waals surface area contributed by atoms with Gasteiger partial charge in [0.25, 0.3) is 11.8 Å². The number of hydrazone groups is 1. The van der Waals surface area contributed by atoms with E-state index in [2.05, 4.69) is 54.4 Å². The Labute approximate surface area is 282 Å². The van der Waals surface area contributed by atoms with Crippen molar-refractivity contribution in [2.24, 2.45) is 10.3 Å². The Morgan fingerprint density at radius 2 is 2.00 bits per heavy atom. The van der Waals surface area contributed by atoms with E-state index in [0.717, 1.165) is 41.2 Å². The lowest BCUT2D eigenvalue weighted by molar-refractivity contribution is -0.661. The van der Waals surface area contributed by atoms with Gasteiger partial charge in [0.1, 0.15) is 37.0 Å². The quantitative estimate of drug-likeness (QED) is 0.0950. The number of oxime groups is 1. The number of benzene rings is 1. The van der Waals surface area contributed by atoms with Crippen LogP contribution in [0.5, 0.6) is 0 Å². The molecule has 3 aliphatic heterocycles. The minimum absolute atomic E-state index is 0.145. The van der Waals surface area contributed by atoms with Crippen LogP contribution in [0.25, 0.3) is 5.65 Å². The molecule has 2 amide bonds. The molecule has 2 fully saturated rings. The van der Waals surface area contributed by atoms with Gasteiger partial charge in [0.15, 0.2) is 17.0 Å². The number of amides is 2. The van der Waals surface area contributed by atoms with E-state index in [0.29, 0.717) is 17.9 Å². The average Bonchev–Trinajstić information content (AvgIpc) is 3.90. The number of fused-ring (bicyclic) bond motifs is 2. The number of nitrogens with two attached hydrogens (primary N) is 1. The summed E-state index contributed by atoms with van der Waals surface area (Å²) in [6, 6.07) is 9.30. The smallest absolute Gasteiger partial charge is 0.307 e. The number of rotatable bonds is 11. The zero-order chi connectivity index (χ0) is 33.4. The number of hydrogen-bond donors (Lipinski definition) is 2. The Kier molecular flexibility index (Phi) is 8.62. The molecule has 1 aromatic carbocycles. The second-order valence-electron chi connectivity index (χ2n) is 11.5. The Bertz CT molecular complexity index is 1970. The van der Waals surface area contributed by atoms with Crippen molar-refractivity contribution in [2.75, 3.05) is 31.7 Å². The standard InChI is InChI=1S/C31H32N10O5S2/c1-46-36-24(22-18-48-31(32)34-22)27(42)35-25-28(43)41-26(30(44)45)21(17-47-29(25)41)16-39-11-8-23-37(12-13-40(23)39)15-20-6-4-19(5-7-20)14-33-38-9-2-3-10-38/h4-8,11-14,18,25,29H,2-3,9-10,15-17H2,1H3,(H3-,32,34,35,42,44,45)/b33-14?,36-24-/t25-,29-/m1/s1. The molecule has 2 atom stereocenters. The number of imidazole rings is 1. The van der Waals surface area contributed by atoms with Gasteiger partial charge in [-0.05, 0) is 29.5 Å². The van der Waals surface area contributed by atoms with Gasteiger partial charge in [-0.2, -0.15) is 5.10 Å². The van der Waals surface area contributed by atoms with Crippen LogP contribution in [-0.2, 0) is 32.3 Å². The number of carboxylic acid groups (broad SMARTS) is 1. The normalized spacial score (nSPS) is 19.7. The lowest BCUT2D eigenvalue weighted by Gasteiger charge is -2.50. The van der Waals surface area contributed by atoms with Gasteiger partial charge >= 0.3 is 5.65 Å². The molecule has 0 aliphatic carbocycles. The molecule has 3 aromatic heterocycles. The van der Waals surface area contributed by atoms with Crippen molar-refractivity contribution in [3.8, 4) is 0 Å². The fraction of sp³-hybridized carbons (Fsp3) is 0.323. The van der Waals surface area contributed by atoms with Gasteiger partial charge in [-0.25, -0.2) is 14.2 Å². The largest absolute Gasteiger partial charge is 0.543 e. The summed E-state index contributed by atoms with van der Waals surface area (Å²) in [5.41, 5.74) is 9.20. The van der Waals surface area contributed by atoms with Crippen LogP contribution in [0.15, 0.2) is 75.8 Å². The van der Waals surface area contributed by atoms with E-state index in [1.54, 1.807) is 5.38 Å². The molecule has 48 heavy (non-hydrogen) atoms. The summed E-state index contributed by atoms with van der Waals surface area (Å²) in [5.74, 6) is -2.38. The number of nitrogens with one attached hydrogen (secondary N) is 1. The van der Waals surface area contributed by atoms with Gasteiger partial charge in [0.05, 0.1) is 36.7 Å². The molecular weight excluding hydrogens is 657 g/mol. The number of aliphatic carboxylic acids is 1. The maximum Gasteiger partial charge on any atom is 0.307 e. The average molecular weight is 689 g/mol. The molecule has 17 heteroatoms. The molecule has 4 aromatic rings. The number of nitrogen functional groups attached to an aromatic ring is 1. The summed E-state index contributed by atoms with van der Waals surface area (Å²) in [6.07, 6.45) is 10.0. The van der Waals surface area contributed by atoms with Crippen molar-refractivity contribution in [1.29, 1.82) is 0 Å². The third kappa shape index (κ3) is 6.01. The van der Waals surface area contributed by atoms with Crippen molar-refractivity contribution in [3.63, 3.8) is 0 Å². The second kappa shape index (κ2) is 13.2. The topological polar surface area (TPSA) is 179 Å². The first-order valence-electron chi connectivity index (χ1n) is 15.3. The number of carbonyl (C=O) groups is 3. The van der Waals surface area contributed by atoms with Crippen LogP contribution in [0.3, 0.4) is 0 Å². The highest BCUT2D eigenvalue weighted by Gasteiger charge is 2.53. The number of nitrogens with zero attached hydrogens (tertiary/aromatic N) is 8. The van der Waals surface area contributed by atoms with Gasteiger partial charge in [0.2, 0.25) is 0 Å². The summed E-state index contributed by atoms with van der Waals surface area (Å²) >= 11 is 2.49. The SMILES string of the molecule is CO/N=C(\C(=O)N[C@@H]1C(=O)N2C(C(=O)[O-])=C(Cn3ccc4n3cc[n+]4Cc3ccc(C=NN4CCCC4)cc3)CS[C@H]12)c1csc(N)n1. The van der Waals surface area contributed by atoms with Crippen LogP contribution in [-0.4, -0.2) is 91.2 Å². The number of β-lactam (4-membered cyclic amide) rings is 1. The summed E-state index contributed by atoms with van der Waals surface area (Å²) in [7, 11) is 1.28. The van der Waals surface area contributed by atoms with Gasteiger partial charge < -0.3 is 25.8 Å². The molecule has 0 bridgehead atoms.